The number of guanidine groups is 1. The van der Waals surface area contributed by atoms with Crippen molar-refractivity contribution in [1.82, 2.24) is 20.9 Å². The maximum atomic E-state index is 12.5. The maximum absolute atomic E-state index is 12.5. The topological polar surface area (TPSA) is 68.8 Å². The molecule has 1 unspecified atom stereocenters. The molecular weight excluding hydrogens is 371 g/mol. The molecule has 0 spiro atoms. The molecule has 1 atom stereocenters. The molecule has 3 N–H and O–H groups in total. The number of aliphatic imine (C=N–C) groups is 1. The van der Waals surface area contributed by atoms with E-state index in [0.29, 0.717) is 50.7 Å². The first-order valence-corrected chi connectivity index (χ1v) is 9.51. The molecule has 0 bridgehead atoms. The van der Waals surface area contributed by atoms with Gasteiger partial charge < -0.3 is 16.0 Å². The van der Waals surface area contributed by atoms with Gasteiger partial charge in [0, 0.05) is 37.8 Å². The lowest BCUT2D eigenvalue weighted by Crippen LogP contribution is -2.45. The van der Waals surface area contributed by atoms with E-state index in [9.17, 15) is 18.0 Å². The molecule has 0 aromatic heterocycles. The Balaban J connectivity index is 1.91. The van der Waals surface area contributed by atoms with Gasteiger partial charge in [0.1, 0.15) is 0 Å². The number of alkyl halides is 3. The average molecular weight is 399 g/mol. The van der Waals surface area contributed by atoms with E-state index < -0.39 is 12.7 Å². The SMILES string of the molecule is CCNC(=O)c1ccc(CN=C(NCC)NC2CCN(CC(F)(F)F)C2)cc1. The number of halogens is 3. The van der Waals surface area contributed by atoms with Crippen LogP contribution in [-0.2, 0) is 6.54 Å². The Morgan fingerprint density at radius 1 is 1.18 bits per heavy atom. The Hall–Kier alpha value is -2.29. The smallest absolute Gasteiger partial charge is 0.357 e. The van der Waals surface area contributed by atoms with Crippen LogP contribution in [0.2, 0.25) is 0 Å². The van der Waals surface area contributed by atoms with Crippen LogP contribution in [0.1, 0.15) is 36.2 Å². The second-order valence-electron chi connectivity index (χ2n) is 6.73. The number of nitrogens with one attached hydrogen (secondary N) is 3. The molecule has 1 aromatic rings. The fourth-order valence-corrected chi connectivity index (χ4v) is 3.06. The highest BCUT2D eigenvalue weighted by Crippen LogP contribution is 2.19. The maximum Gasteiger partial charge on any atom is 0.401 e. The van der Waals surface area contributed by atoms with Crippen LogP contribution in [0.4, 0.5) is 13.2 Å². The molecule has 1 aliphatic rings. The molecule has 1 fully saturated rings. The van der Waals surface area contributed by atoms with E-state index in [1.54, 1.807) is 12.1 Å². The first-order valence-electron chi connectivity index (χ1n) is 9.51. The summed E-state index contributed by atoms with van der Waals surface area (Å²) in [6, 6.07) is 7.13. The molecule has 0 aliphatic carbocycles. The van der Waals surface area contributed by atoms with Gasteiger partial charge in [0.15, 0.2) is 5.96 Å². The molecule has 0 saturated carbocycles. The predicted octanol–water partition coefficient (Wildman–Crippen LogP) is 2.13. The lowest BCUT2D eigenvalue weighted by molar-refractivity contribution is -0.143. The minimum Gasteiger partial charge on any atom is -0.357 e. The van der Waals surface area contributed by atoms with Gasteiger partial charge in [-0.15, -0.1) is 0 Å². The van der Waals surface area contributed by atoms with Gasteiger partial charge in [-0.25, -0.2) is 4.99 Å². The summed E-state index contributed by atoms with van der Waals surface area (Å²) in [5, 5.41) is 9.08. The van der Waals surface area contributed by atoms with Crippen molar-refractivity contribution in [1.29, 1.82) is 0 Å². The van der Waals surface area contributed by atoms with E-state index >= 15 is 0 Å². The van der Waals surface area contributed by atoms with Crippen LogP contribution in [0.25, 0.3) is 0 Å². The zero-order valence-corrected chi connectivity index (χ0v) is 16.3. The van der Waals surface area contributed by atoms with Crippen LogP contribution in [0.15, 0.2) is 29.3 Å². The van der Waals surface area contributed by atoms with Crippen LogP contribution in [0, 0.1) is 0 Å². The molecule has 9 heteroatoms. The van der Waals surface area contributed by atoms with Gasteiger partial charge in [-0.1, -0.05) is 12.1 Å². The second-order valence-corrected chi connectivity index (χ2v) is 6.73. The fourth-order valence-electron chi connectivity index (χ4n) is 3.06. The monoisotopic (exact) mass is 399 g/mol. The van der Waals surface area contributed by atoms with Crippen LogP contribution >= 0.6 is 0 Å². The minimum atomic E-state index is -4.17. The van der Waals surface area contributed by atoms with Gasteiger partial charge >= 0.3 is 6.18 Å². The van der Waals surface area contributed by atoms with Gasteiger partial charge in [-0.3, -0.25) is 9.69 Å². The second kappa shape index (κ2) is 10.3. The summed E-state index contributed by atoms with van der Waals surface area (Å²) in [5.41, 5.74) is 1.53. The van der Waals surface area contributed by atoms with Crippen LogP contribution in [0.3, 0.4) is 0 Å². The minimum absolute atomic E-state index is 0.0692. The quantitative estimate of drug-likeness (QED) is 0.485. The summed E-state index contributed by atoms with van der Waals surface area (Å²) >= 11 is 0. The molecule has 2 rings (SSSR count). The number of benzene rings is 1. The van der Waals surface area contributed by atoms with Gasteiger partial charge in [-0.05, 0) is 38.0 Å². The largest absolute Gasteiger partial charge is 0.401 e. The van der Waals surface area contributed by atoms with Crippen molar-refractivity contribution < 1.29 is 18.0 Å². The molecule has 1 amide bonds. The van der Waals surface area contributed by atoms with E-state index in [0.717, 1.165) is 5.56 Å². The normalized spacial score (nSPS) is 18.2. The van der Waals surface area contributed by atoms with Gasteiger partial charge in [0.05, 0.1) is 13.1 Å². The van der Waals surface area contributed by atoms with Crippen molar-refractivity contribution in [2.24, 2.45) is 4.99 Å². The third kappa shape index (κ3) is 7.38. The number of hydrogen-bond acceptors (Lipinski definition) is 3. The van der Waals surface area contributed by atoms with Gasteiger partial charge in [0.2, 0.25) is 0 Å². The highest BCUT2D eigenvalue weighted by atomic mass is 19.4. The van der Waals surface area contributed by atoms with Crippen molar-refractivity contribution in [3.8, 4) is 0 Å². The van der Waals surface area contributed by atoms with Crippen molar-refractivity contribution >= 4 is 11.9 Å². The van der Waals surface area contributed by atoms with Crippen LogP contribution < -0.4 is 16.0 Å². The van der Waals surface area contributed by atoms with Gasteiger partial charge in [0.25, 0.3) is 5.91 Å². The van der Waals surface area contributed by atoms with E-state index in [4.69, 9.17) is 0 Å². The van der Waals surface area contributed by atoms with E-state index in [1.807, 2.05) is 26.0 Å². The fraction of sp³-hybridized carbons (Fsp3) is 0.579. The number of carbonyl (C=O) groups is 1. The zero-order valence-electron chi connectivity index (χ0n) is 16.3. The summed E-state index contributed by atoms with van der Waals surface area (Å²) in [7, 11) is 0. The molecule has 6 nitrogen and oxygen atoms in total. The summed E-state index contributed by atoms with van der Waals surface area (Å²) < 4.78 is 37.6. The van der Waals surface area contributed by atoms with Crippen molar-refractivity contribution in [2.75, 3.05) is 32.7 Å². The Morgan fingerprint density at radius 3 is 2.46 bits per heavy atom. The lowest BCUT2D eigenvalue weighted by atomic mass is 10.1. The number of hydrogen-bond donors (Lipinski definition) is 3. The first kappa shape index (κ1) is 22.0. The van der Waals surface area contributed by atoms with Crippen LogP contribution in [-0.4, -0.2) is 61.7 Å². The molecule has 1 aromatic carbocycles. The average Bonchev–Trinajstić information content (AvgIpc) is 3.05. The lowest BCUT2D eigenvalue weighted by Gasteiger charge is -2.19. The molecule has 1 saturated heterocycles. The number of likely N-dealkylation sites (tertiary alicyclic amines) is 1. The highest BCUT2D eigenvalue weighted by molar-refractivity contribution is 5.94. The van der Waals surface area contributed by atoms with Crippen molar-refractivity contribution in [3.05, 3.63) is 35.4 Å². The summed E-state index contributed by atoms with van der Waals surface area (Å²) in [6.07, 6.45) is -3.53. The molecule has 1 aliphatic heterocycles. The first-order chi connectivity index (χ1) is 13.3. The van der Waals surface area contributed by atoms with E-state index in [1.165, 1.54) is 4.90 Å². The Kier molecular flexibility index (Phi) is 8.10. The predicted molar refractivity (Wildman–Crippen MR) is 103 cm³/mol. The Bertz CT molecular complexity index is 661. The highest BCUT2D eigenvalue weighted by Gasteiger charge is 2.34. The van der Waals surface area contributed by atoms with Crippen molar-refractivity contribution in [3.63, 3.8) is 0 Å². The summed E-state index contributed by atoms with van der Waals surface area (Å²) in [6.45, 7) is 5.31. The molecule has 156 valence electrons. The zero-order chi connectivity index (χ0) is 20.6. The molecule has 1 heterocycles. The van der Waals surface area contributed by atoms with Crippen LogP contribution in [0.5, 0.6) is 0 Å². The Labute approximate surface area is 163 Å². The molecule has 0 radical (unpaired) electrons. The number of rotatable bonds is 7. The third-order valence-electron chi connectivity index (χ3n) is 4.33. The number of carbonyl (C=O) groups excluding carboxylic acids is 1. The molecule has 28 heavy (non-hydrogen) atoms. The summed E-state index contributed by atoms with van der Waals surface area (Å²) in [5.74, 6) is 0.464. The Morgan fingerprint density at radius 2 is 1.86 bits per heavy atom. The number of amides is 1. The van der Waals surface area contributed by atoms with E-state index in [2.05, 4.69) is 20.9 Å². The number of nitrogens with zero attached hydrogens (tertiary/aromatic N) is 2. The standard InChI is InChI=1S/C19H28F3N5O/c1-3-23-17(28)15-7-5-14(6-8-15)11-25-18(24-4-2)26-16-9-10-27(12-16)13-19(20,21)22/h5-8,16H,3-4,9-13H2,1-2H3,(H,23,28)(H2,24,25,26). The molecular formula is C19H28F3N5O. The van der Waals surface area contributed by atoms with Crippen molar-refractivity contribution in [2.45, 2.75) is 39.0 Å². The van der Waals surface area contributed by atoms with Gasteiger partial charge in [-0.2, -0.15) is 13.2 Å². The third-order valence-corrected chi connectivity index (χ3v) is 4.33. The summed E-state index contributed by atoms with van der Waals surface area (Å²) in [4.78, 5) is 17.7. The van der Waals surface area contributed by atoms with E-state index in [-0.39, 0.29) is 11.9 Å².